The van der Waals surface area contributed by atoms with Gasteiger partial charge in [0.05, 0.1) is 18.2 Å². The van der Waals surface area contributed by atoms with Crippen molar-refractivity contribution < 1.29 is 14.6 Å². The number of carboxylic acids is 1. The molecular weight excluding hydrogens is 208 g/mol. The zero-order valence-electron chi connectivity index (χ0n) is 8.80. The van der Waals surface area contributed by atoms with E-state index in [4.69, 9.17) is 9.84 Å². The van der Waals surface area contributed by atoms with E-state index >= 15 is 0 Å². The molecule has 5 nitrogen and oxygen atoms in total. The summed E-state index contributed by atoms with van der Waals surface area (Å²) >= 11 is 0. The molecule has 0 unspecified atom stereocenters. The van der Waals surface area contributed by atoms with Crippen LogP contribution in [0.15, 0.2) is 30.5 Å². The molecule has 2 aromatic rings. The van der Waals surface area contributed by atoms with Crippen molar-refractivity contribution in [3.8, 4) is 5.75 Å². The molecule has 0 aliphatic heterocycles. The van der Waals surface area contributed by atoms with Gasteiger partial charge in [0, 0.05) is 11.6 Å². The van der Waals surface area contributed by atoms with Crippen LogP contribution in [0.4, 0.5) is 0 Å². The molecule has 0 spiro atoms. The third-order valence-electron chi connectivity index (χ3n) is 2.18. The molecule has 1 aromatic carbocycles. The minimum absolute atomic E-state index is 0. The number of carboxylic acid groups (broad SMARTS) is 1. The first-order chi connectivity index (χ1) is 7.22. The van der Waals surface area contributed by atoms with Gasteiger partial charge in [-0.05, 0) is 24.3 Å². The van der Waals surface area contributed by atoms with Crippen LogP contribution in [0.5, 0.6) is 5.75 Å². The van der Waals surface area contributed by atoms with Crippen LogP contribution in [0.2, 0.25) is 0 Å². The number of benzene rings is 1. The summed E-state index contributed by atoms with van der Waals surface area (Å²) in [5.41, 5.74) is 0.884. The van der Waals surface area contributed by atoms with Gasteiger partial charge in [-0.2, -0.15) is 0 Å². The Hall–Kier alpha value is -2.14. The van der Waals surface area contributed by atoms with Crippen LogP contribution in [0, 0.1) is 0 Å². The molecule has 0 aliphatic rings. The topological polar surface area (TPSA) is 94.4 Å². The van der Waals surface area contributed by atoms with Gasteiger partial charge < -0.3 is 16.0 Å². The van der Waals surface area contributed by atoms with Gasteiger partial charge in [-0.1, -0.05) is 0 Å². The Kier molecular flexibility index (Phi) is 3.42. The van der Waals surface area contributed by atoms with Gasteiger partial charge in [0.1, 0.15) is 5.75 Å². The minimum Gasteiger partial charge on any atom is -0.497 e. The number of hydrogen-bond acceptors (Lipinski definition) is 4. The number of carbonyl (C=O) groups is 1. The molecule has 4 N–H and O–H groups in total. The first kappa shape index (κ1) is 11.9. The largest absolute Gasteiger partial charge is 0.497 e. The molecule has 0 fully saturated rings. The van der Waals surface area contributed by atoms with E-state index in [0.29, 0.717) is 16.7 Å². The third-order valence-corrected chi connectivity index (χ3v) is 2.18. The number of hydrogen-bond donors (Lipinski definition) is 2. The van der Waals surface area contributed by atoms with Crippen LogP contribution in [0.1, 0.15) is 10.4 Å². The predicted molar refractivity (Wildman–Crippen MR) is 60.3 cm³/mol. The zero-order chi connectivity index (χ0) is 10.8. The highest BCUT2D eigenvalue weighted by Gasteiger charge is 2.09. The number of fused-ring (bicyclic) bond motifs is 1. The molecule has 0 atom stereocenters. The molecule has 1 heterocycles. The maximum Gasteiger partial charge on any atom is 0.336 e. The molecule has 1 aromatic heterocycles. The van der Waals surface area contributed by atoms with Crippen LogP contribution in [-0.4, -0.2) is 23.2 Å². The lowest BCUT2D eigenvalue weighted by molar-refractivity contribution is 0.0699. The molecule has 0 saturated heterocycles. The lowest BCUT2D eigenvalue weighted by Crippen LogP contribution is -1.98. The lowest BCUT2D eigenvalue weighted by atomic mass is 10.1. The van der Waals surface area contributed by atoms with Crippen LogP contribution < -0.4 is 10.9 Å². The fourth-order valence-corrected chi connectivity index (χ4v) is 1.44. The first-order valence-corrected chi connectivity index (χ1v) is 4.38. The smallest absolute Gasteiger partial charge is 0.336 e. The van der Waals surface area contributed by atoms with Gasteiger partial charge in [0.2, 0.25) is 0 Å². The molecule has 84 valence electrons. The second kappa shape index (κ2) is 4.59. The Morgan fingerprint density at radius 1 is 1.38 bits per heavy atom. The van der Waals surface area contributed by atoms with Crippen molar-refractivity contribution in [1.29, 1.82) is 0 Å². The van der Waals surface area contributed by atoms with Crippen molar-refractivity contribution in [3.63, 3.8) is 0 Å². The highest BCUT2D eigenvalue weighted by molar-refractivity contribution is 6.02. The van der Waals surface area contributed by atoms with Gasteiger partial charge >= 0.3 is 5.97 Å². The Bertz CT molecular complexity index is 526. The van der Waals surface area contributed by atoms with Crippen molar-refractivity contribution in [2.24, 2.45) is 0 Å². The van der Waals surface area contributed by atoms with Crippen LogP contribution >= 0.6 is 0 Å². The van der Waals surface area contributed by atoms with Crippen LogP contribution in [0.3, 0.4) is 0 Å². The zero-order valence-corrected chi connectivity index (χ0v) is 8.80. The molecule has 0 radical (unpaired) electrons. The molecule has 16 heavy (non-hydrogen) atoms. The van der Waals surface area contributed by atoms with E-state index in [1.807, 2.05) is 0 Å². The number of nitrogens with zero attached hydrogens (tertiary/aromatic N) is 1. The third kappa shape index (κ3) is 1.94. The maximum absolute atomic E-state index is 10.9. The summed E-state index contributed by atoms with van der Waals surface area (Å²) in [6, 6.07) is 6.64. The average Bonchev–Trinajstić information content (AvgIpc) is 2.27. The Labute approximate surface area is 92.3 Å². The van der Waals surface area contributed by atoms with E-state index in [1.165, 1.54) is 19.4 Å². The summed E-state index contributed by atoms with van der Waals surface area (Å²) in [6.45, 7) is 0. The highest BCUT2D eigenvalue weighted by atomic mass is 16.5. The molecule has 2 rings (SSSR count). The van der Waals surface area contributed by atoms with E-state index in [2.05, 4.69) is 4.98 Å². The second-order valence-corrected chi connectivity index (χ2v) is 3.05. The van der Waals surface area contributed by atoms with Gasteiger partial charge in [-0.15, -0.1) is 0 Å². The quantitative estimate of drug-likeness (QED) is 0.808. The van der Waals surface area contributed by atoms with Gasteiger partial charge in [0.25, 0.3) is 0 Å². The molecular formula is C11H12N2O3. The lowest BCUT2D eigenvalue weighted by Gasteiger charge is -2.04. The predicted octanol–water partition coefficient (Wildman–Crippen LogP) is 2.10. The first-order valence-electron chi connectivity index (χ1n) is 4.38. The van der Waals surface area contributed by atoms with Crippen LogP contribution in [0.25, 0.3) is 10.9 Å². The second-order valence-electron chi connectivity index (χ2n) is 3.05. The van der Waals surface area contributed by atoms with Gasteiger partial charge in [-0.25, -0.2) is 4.79 Å². The van der Waals surface area contributed by atoms with Crippen molar-refractivity contribution in [2.75, 3.05) is 7.11 Å². The fourth-order valence-electron chi connectivity index (χ4n) is 1.44. The van der Waals surface area contributed by atoms with Gasteiger partial charge in [-0.3, -0.25) is 4.98 Å². The maximum atomic E-state index is 10.9. The summed E-state index contributed by atoms with van der Waals surface area (Å²) in [7, 11) is 1.54. The van der Waals surface area contributed by atoms with E-state index in [9.17, 15) is 4.79 Å². The summed E-state index contributed by atoms with van der Waals surface area (Å²) in [6.07, 6.45) is 1.48. The van der Waals surface area contributed by atoms with Crippen molar-refractivity contribution in [1.82, 2.24) is 11.1 Å². The normalized spacial score (nSPS) is 9.56. The van der Waals surface area contributed by atoms with Crippen molar-refractivity contribution in [2.45, 2.75) is 0 Å². The molecule has 0 bridgehead atoms. The number of rotatable bonds is 2. The van der Waals surface area contributed by atoms with Crippen molar-refractivity contribution >= 4 is 16.9 Å². The van der Waals surface area contributed by atoms with E-state index in [0.717, 1.165) is 0 Å². The SMILES string of the molecule is COc1ccc2nccc(C(=O)O)c2c1.N. The summed E-state index contributed by atoms with van der Waals surface area (Å²) < 4.78 is 5.04. The average molecular weight is 220 g/mol. The number of methoxy groups -OCH3 is 1. The molecule has 5 heteroatoms. The number of ether oxygens (including phenoxy) is 1. The van der Waals surface area contributed by atoms with Crippen LogP contribution in [-0.2, 0) is 0 Å². The summed E-state index contributed by atoms with van der Waals surface area (Å²) in [5, 5.41) is 9.57. The van der Waals surface area contributed by atoms with Crippen molar-refractivity contribution in [3.05, 3.63) is 36.0 Å². The Morgan fingerprint density at radius 2 is 2.12 bits per heavy atom. The summed E-state index contributed by atoms with van der Waals surface area (Å²) in [5.74, 6) is -0.339. The van der Waals surface area contributed by atoms with Gasteiger partial charge in [0.15, 0.2) is 0 Å². The van der Waals surface area contributed by atoms with E-state index in [1.54, 1.807) is 18.2 Å². The molecule has 0 amide bonds. The summed E-state index contributed by atoms with van der Waals surface area (Å²) in [4.78, 5) is 15.0. The molecule has 0 saturated carbocycles. The number of aromatic carboxylic acids is 1. The van der Waals surface area contributed by atoms with E-state index in [-0.39, 0.29) is 11.7 Å². The molecule has 0 aliphatic carbocycles. The number of pyridine rings is 1. The fraction of sp³-hybridized carbons (Fsp3) is 0.0909. The Balaban J connectivity index is 0.00000128. The standard InChI is InChI=1S/C11H9NO3.H3N/c1-15-7-2-3-10-9(6-7)8(11(13)14)4-5-12-10;/h2-6H,1H3,(H,13,14);1H3. The monoisotopic (exact) mass is 220 g/mol. The number of aromatic nitrogens is 1. The van der Waals surface area contributed by atoms with E-state index < -0.39 is 5.97 Å². The minimum atomic E-state index is -0.962. The Morgan fingerprint density at radius 3 is 2.75 bits per heavy atom. The highest BCUT2D eigenvalue weighted by Crippen LogP contribution is 2.22.